The van der Waals surface area contributed by atoms with Crippen LogP contribution in [0.2, 0.25) is 5.02 Å². The van der Waals surface area contributed by atoms with Gasteiger partial charge in [-0.2, -0.15) is 4.31 Å². The quantitative estimate of drug-likeness (QED) is 0.695. The number of hydrogen-bond donors (Lipinski definition) is 1. The molecule has 1 fully saturated rings. The van der Waals surface area contributed by atoms with Crippen LogP contribution in [0.1, 0.15) is 37.6 Å². The third-order valence-electron chi connectivity index (χ3n) is 5.17. The number of nitrogens with zero attached hydrogens (tertiary/aromatic N) is 1. The van der Waals surface area contributed by atoms with Gasteiger partial charge in [0.25, 0.3) is 0 Å². The van der Waals surface area contributed by atoms with E-state index in [-0.39, 0.29) is 46.8 Å². The molecule has 5 nitrogen and oxygen atoms in total. The van der Waals surface area contributed by atoms with Crippen molar-refractivity contribution in [1.82, 2.24) is 9.62 Å². The Labute approximate surface area is 179 Å². The summed E-state index contributed by atoms with van der Waals surface area (Å²) in [5, 5.41) is 4.89. The second-order valence-electron chi connectivity index (χ2n) is 7.50. The van der Waals surface area contributed by atoms with E-state index in [4.69, 9.17) is 11.6 Å². The van der Waals surface area contributed by atoms with E-state index in [1.165, 1.54) is 10.4 Å². The Balaban J connectivity index is 1.63. The first-order valence-electron chi connectivity index (χ1n) is 9.49. The van der Waals surface area contributed by atoms with Crippen LogP contribution in [-0.4, -0.2) is 31.7 Å². The molecule has 3 rings (SSSR count). The monoisotopic (exact) mass is 458 g/mol. The third-order valence-corrected chi connectivity index (χ3v) is 8.31. The summed E-state index contributed by atoms with van der Waals surface area (Å²) in [5.41, 5.74) is 0. The number of halogens is 2. The lowest BCUT2D eigenvalue weighted by Crippen LogP contribution is -2.44. The summed E-state index contributed by atoms with van der Waals surface area (Å²) in [5.74, 6) is -0.689. The second-order valence-corrected chi connectivity index (χ2v) is 10.8. The summed E-state index contributed by atoms with van der Waals surface area (Å²) in [6, 6.07) is 7.31. The highest BCUT2D eigenvalue weighted by Gasteiger charge is 2.33. The minimum atomic E-state index is -3.77. The number of thiophene rings is 1. The van der Waals surface area contributed by atoms with E-state index in [2.05, 4.69) is 19.2 Å². The van der Waals surface area contributed by atoms with Crippen molar-refractivity contribution in [3.05, 3.63) is 51.4 Å². The lowest BCUT2D eigenvalue weighted by Gasteiger charge is -2.32. The van der Waals surface area contributed by atoms with E-state index in [1.807, 2.05) is 17.5 Å². The van der Waals surface area contributed by atoms with Gasteiger partial charge in [0.05, 0.1) is 16.0 Å². The van der Waals surface area contributed by atoms with Gasteiger partial charge in [0.2, 0.25) is 15.9 Å². The zero-order chi connectivity index (χ0) is 21.2. The van der Waals surface area contributed by atoms with E-state index < -0.39 is 15.8 Å². The lowest BCUT2D eigenvalue weighted by molar-refractivity contribution is -0.127. The molecule has 9 heteroatoms. The molecule has 2 heterocycles. The van der Waals surface area contributed by atoms with E-state index >= 15 is 0 Å². The zero-order valence-corrected chi connectivity index (χ0v) is 18.7. The number of carbonyl (C=O) groups excluding carboxylic acids is 1. The van der Waals surface area contributed by atoms with Crippen LogP contribution in [-0.2, 0) is 14.8 Å². The molecule has 1 unspecified atom stereocenters. The Morgan fingerprint density at radius 3 is 2.52 bits per heavy atom. The van der Waals surface area contributed by atoms with Gasteiger partial charge in [0.1, 0.15) is 5.82 Å². The van der Waals surface area contributed by atoms with Crippen LogP contribution in [0, 0.1) is 17.7 Å². The summed E-state index contributed by atoms with van der Waals surface area (Å²) in [6.07, 6.45) is 0.879. The number of benzene rings is 1. The van der Waals surface area contributed by atoms with E-state index in [0.29, 0.717) is 12.8 Å². The molecule has 1 atom stereocenters. The SMILES string of the molecule is CC(C)C(NC(=O)C1CCN(S(=O)(=O)c2ccc(F)c(Cl)c2)CC1)c1cccs1. The van der Waals surface area contributed by atoms with Crippen molar-refractivity contribution in [2.45, 2.75) is 37.6 Å². The molecule has 1 aromatic heterocycles. The average Bonchev–Trinajstić information content (AvgIpc) is 3.22. The predicted octanol–water partition coefficient (Wildman–Crippen LogP) is 4.45. The van der Waals surface area contributed by atoms with Crippen LogP contribution >= 0.6 is 22.9 Å². The molecule has 1 aromatic carbocycles. The van der Waals surface area contributed by atoms with Crippen LogP contribution in [0.5, 0.6) is 0 Å². The Bertz CT molecular complexity index is 956. The number of sulfonamides is 1. The number of piperidine rings is 1. The van der Waals surface area contributed by atoms with E-state index in [9.17, 15) is 17.6 Å². The molecule has 2 aromatic rings. The van der Waals surface area contributed by atoms with Gasteiger partial charge in [-0.1, -0.05) is 31.5 Å². The summed E-state index contributed by atoms with van der Waals surface area (Å²) in [6.45, 7) is 4.60. The predicted molar refractivity (Wildman–Crippen MR) is 113 cm³/mol. The molecule has 29 heavy (non-hydrogen) atoms. The maximum Gasteiger partial charge on any atom is 0.243 e. The van der Waals surface area contributed by atoms with E-state index in [1.54, 1.807) is 11.3 Å². The van der Waals surface area contributed by atoms with Gasteiger partial charge in [-0.3, -0.25) is 4.79 Å². The Morgan fingerprint density at radius 2 is 1.97 bits per heavy atom. The second kappa shape index (κ2) is 9.12. The Kier molecular flexibility index (Phi) is 6.98. The molecule has 158 valence electrons. The Hall–Kier alpha value is -1.48. The van der Waals surface area contributed by atoms with Crippen molar-refractivity contribution >= 4 is 38.9 Å². The van der Waals surface area contributed by atoms with Crippen LogP contribution in [0.3, 0.4) is 0 Å². The van der Waals surface area contributed by atoms with Crippen LogP contribution in [0.15, 0.2) is 40.6 Å². The van der Waals surface area contributed by atoms with Gasteiger partial charge in [0.15, 0.2) is 0 Å². The number of hydrogen-bond acceptors (Lipinski definition) is 4. The van der Waals surface area contributed by atoms with Crippen molar-refractivity contribution in [1.29, 1.82) is 0 Å². The lowest BCUT2D eigenvalue weighted by atomic mass is 9.95. The van der Waals surface area contributed by atoms with Crippen molar-refractivity contribution in [3.63, 3.8) is 0 Å². The molecule has 0 saturated carbocycles. The molecule has 1 aliphatic heterocycles. The largest absolute Gasteiger partial charge is 0.348 e. The Morgan fingerprint density at radius 1 is 1.28 bits per heavy atom. The van der Waals surface area contributed by atoms with Crippen molar-refractivity contribution in [3.8, 4) is 0 Å². The zero-order valence-electron chi connectivity index (χ0n) is 16.3. The van der Waals surface area contributed by atoms with Crippen molar-refractivity contribution in [2.24, 2.45) is 11.8 Å². The van der Waals surface area contributed by atoms with Crippen LogP contribution in [0.4, 0.5) is 4.39 Å². The summed E-state index contributed by atoms with van der Waals surface area (Å²) in [7, 11) is -3.77. The van der Waals surface area contributed by atoms with E-state index in [0.717, 1.165) is 17.0 Å². The van der Waals surface area contributed by atoms with Crippen molar-refractivity contribution in [2.75, 3.05) is 13.1 Å². The smallest absolute Gasteiger partial charge is 0.243 e. The first-order chi connectivity index (χ1) is 13.7. The minimum Gasteiger partial charge on any atom is -0.348 e. The summed E-state index contributed by atoms with van der Waals surface area (Å²) < 4.78 is 40.3. The highest BCUT2D eigenvalue weighted by atomic mass is 35.5. The number of rotatable bonds is 6. The molecule has 0 aliphatic carbocycles. The average molecular weight is 459 g/mol. The standard InChI is InChI=1S/C20H24ClFN2O3S2/c1-13(2)19(18-4-3-11-28-18)23-20(25)14-7-9-24(10-8-14)29(26,27)15-5-6-17(22)16(21)12-15/h3-6,11-14,19H,7-10H2,1-2H3,(H,23,25). The first-order valence-corrected chi connectivity index (χ1v) is 12.2. The summed E-state index contributed by atoms with van der Waals surface area (Å²) in [4.78, 5) is 13.9. The molecule has 1 saturated heterocycles. The normalized spacial score (nSPS) is 17.4. The number of carbonyl (C=O) groups is 1. The van der Waals surface area contributed by atoms with Gasteiger partial charge in [0, 0.05) is 23.9 Å². The molecular weight excluding hydrogens is 435 g/mol. The fourth-order valence-electron chi connectivity index (χ4n) is 3.45. The molecule has 0 spiro atoms. The fourth-order valence-corrected chi connectivity index (χ4v) is 6.14. The maximum absolute atomic E-state index is 13.3. The van der Waals surface area contributed by atoms with Crippen molar-refractivity contribution < 1.29 is 17.6 Å². The fraction of sp³-hybridized carbons (Fsp3) is 0.450. The molecule has 1 N–H and O–H groups in total. The maximum atomic E-state index is 13.3. The number of nitrogens with one attached hydrogen (secondary N) is 1. The topological polar surface area (TPSA) is 66.5 Å². The van der Waals surface area contributed by atoms with Gasteiger partial charge in [-0.15, -0.1) is 11.3 Å². The molecular formula is C20H24ClFN2O3S2. The van der Waals surface area contributed by atoms with Gasteiger partial charge < -0.3 is 5.32 Å². The summed E-state index contributed by atoms with van der Waals surface area (Å²) >= 11 is 7.34. The highest BCUT2D eigenvalue weighted by molar-refractivity contribution is 7.89. The van der Waals surface area contributed by atoms with Crippen LogP contribution < -0.4 is 5.32 Å². The molecule has 0 bridgehead atoms. The number of amides is 1. The van der Waals surface area contributed by atoms with Crippen LogP contribution in [0.25, 0.3) is 0 Å². The molecule has 1 aliphatic rings. The highest BCUT2D eigenvalue weighted by Crippen LogP contribution is 2.29. The van der Waals surface area contributed by atoms with Gasteiger partial charge in [-0.25, -0.2) is 12.8 Å². The molecule has 0 radical (unpaired) electrons. The first kappa shape index (κ1) is 22.2. The minimum absolute atomic E-state index is 0.0376. The third kappa shape index (κ3) is 4.99. The molecule has 1 amide bonds. The van der Waals surface area contributed by atoms with Gasteiger partial charge >= 0.3 is 0 Å². The van der Waals surface area contributed by atoms with Gasteiger partial charge in [-0.05, 0) is 48.4 Å².